The fourth-order valence-corrected chi connectivity index (χ4v) is 3.41. The van der Waals surface area contributed by atoms with Gasteiger partial charge in [-0.05, 0) is 45.2 Å². The van der Waals surface area contributed by atoms with E-state index in [4.69, 9.17) is 14.9 Å². The summed E-state index contributed by atoms with van der Waals surface area (Å²) in [6.45, 7) is 4.47. The number of amides is 1. The van der Waals surface area contributed by atoms with E-state index in [0.717, 1.165) is 48.2 Å². The number of nitrogens with two attached hydrogens (primary N) is 1. The van der Waals surface area contributed by atoms with Crippen LogP contribution < -0.4 is 15.8 Å². The van der Waals surface area contributed by atoms with Gasteiger partial charge in [0.05, 0.1) is 12.6 Å². The lowest BCUT2D eigenvalue weighted by molar-refractivity contribution is -0.126. The van der Waals surface area contributed by atoms with E-state index in [0.29, 0.717) is 6.61 Å². The number of rotatable bonds is 5. The average molecular weight is 330 g/mol. The Hall–Kier alpha value is -2.01. The molecular formula is C19H26N2O3. The molecule has 1 aliphatic carbocycles. The second-order valence-corrected chi connectivity index (χ2v) is 6.61. The smallest absolute Gasteiger partial charge is 0.223 e. The molecule has 5 heteroatoms. The SMILES string of the molecule is CCOc1cccc2cc(C(C)NC(=O)C3CCCC(N)C3)oc12. The number of furan rings is 1. The third-order valence-corrected chi connectivity index (χ3v) is 4.70. The van der Waals surface area contributed by atoms with Crippen LogP contribution in [0.2, 0.25) is 0 Å². The zero-order valence-corrected chi connectivity index (χ0v) is 14.4. The number of carbonyl (C=O) groups excluding carboxylic acids is 1. The van der Waals surface area contributed by atoms with Crippen molar-refractivity contribution >= 4 is 16.9 Å². The van der Waals surface area contributed by atoms with E-state index in [-0.39, 0.29) is 23.9 Å². The van der Waals surface area contributed by atoms with Gasteiger partial charge in [0.2, 0.25) is 5.91 Å². The van der Waals surface area contributed by atoms with Crippen LogP contribution in [0.15, 0.2) is 28.7 Å². The van der Waals surface area contributed by atoms with Gasteiger partial charge in [-0.2, -0.15) is 0 Å². The van der Waals surface area contributed by atoms with Crippen LogP contribution in [0, 0.1) is 5.92 Å². The number of nitrogens with one attached hydrogen (secondary N) is 1. The van der Waals surface area contributed by atoms with Crippen LogP contribution in [0.3, 0.4) is 0 Å². The van der Waals surface area contributed by atoms with Crippen molar-refractivity contribution in [1.29, 1.82) is 0 Å². The van der Waals surface area contributed by atoms with E-state index in [2.05, 4.69) is 5.32 Å². The second kappa shape index (κ2) is 7.26. The first-order valence-electron chi connectivity index (χ1n) is 8.79. The first-order chi connectivity index (χ1) is 11.6. The molecule has 130 valence electrons. The number of benzene rings is 1. The van der Waals surface area contributed by atoms with E-state index >= 15 is 0 Å². The fraction of sp³-hybridized carbons (Fsp3) is 0.526. The monoisotopic (exact) mass is 330 g/mol. The summed E-state index contributed by atoms with van der Waals surface area (Å²) in [7, 11) is 0. The van der Waals surface area contributed by atoms with Gasteiger partial charge in [-0.3, -0.25) is 4.79 Å². The highest BCUT2D eigenvalue weighted by Gasteiger charge is 2.27. The summed E-state index contributed by atoms with van der Waals surface area (Å²) >= 11 is 0. The maximum atomic E-state index is 12.5. The lowest BCUT2D eigenvalue weighted by Gasteiger charge is -2.26. The molecule has 24 heavy (non-hydrogen) atoms. The van der Waals surface area contributed by atoms with Crippen LogP contribution in [0.4, 0.5) is 0 Å². The van der Waals surface area contributed by atoms with E-state index in [1.807, 2.05) is 38.1 Å². The highest BCUT2D eigenvalue weighted by Crippen LogP contribution is 2.31. The van der Waals surface area contributed by atoms with E-state index in [1.54, 1.807) is 0 Å². The Balaban J connectivity index is 1.72. The summed E-state index contributed by atoms with van der Waals surface area (Å²) in [5.41, 5.74) is 6.72. The standard InChI is InChI=1S/C19H26N2O3/c1-3-23-16-9-5-6-13-11-17(24-18(13)16)12(2)21-19(22)14-7-4-8-15(20)10-14/h5-6,9,11-12,14-15H,3-4,7-8,10,20H2,1-2H3,(H,21,22). The third kappa shape index (κ3) is 3.56. The molecule has 0 saturated heterocycles. The first kappa shape index (κ1) is 16.8. The van der Waals surface area contributed by atoms with Crippen LogP contribution in [0.25, 0.3) is 11.0 Å². The van der Waals surface area contributed by atoms with Gasteiger partial charge in [0, 0.05) is 17.3 Å². The molecule has 1 aromatic heterocycles. The molecule has 3 rings (SSSR count). The van der Waals surface area contributed by atoms with Crippen molar-refractivity contribution in [3.63, 3.8) is 0 Å². The third-order valence-electron chi connectivity index (χ3n) is 4.70. The van der Waals surface area contributed by atoms with Crippen molar-refractivity contribution in [2.24, 2.45) is 11.7 Å². The molecule has 3 N–H and O–H groups in total. The number of hydrogen-bond acceptors (Lipinski definition) is 4. The Bertz CT molecular complexity index is 710. The molecule has 0 bridgehead atoms. The van der Waals surface area contributed by atoms with Gasteiger partial charge in [0.25, 0.3) is 0 Å². The van der Waals surface area contributed by atoms with Crippen molar-refractivity contribution < 1.29 is 13.9 Å². The Morgan fingerprint density at radius 3 is 3.04 bits per heavy atom. The summed E-state index contributed by atoms with van der Waals surface area (Å²) in [5, 5.41) is 4.05. The molecule has 1 amide bonds. The maximum Gasteiger partial charge on any atom is 0.223 e. The summed E-state index contributed by atoms with van der Waals surface area (Å²) in [6.07, 6.45) is 3.73. The van der Waals surface area contributed by atoms with E-state index in [9.17, 15) is 4.79 Å². The predicted octanol–water partition coefficient (Wildman–Crippen LogP) is 3.53. The number of ether oxygens (including phenoxy) is 1. The van der Waals surface area contributed by atoms with Gasteiger partial charge in [-0.1, -0.05) is 18.6 Å². The van der Waals surface area contributed by atoms with E-state index in [1.165, 1.54) is 0 Å². The van der Waals surface area contributed by atoms with Gasteiger partial charge < -0.3 is 20.2 Å². The van der Waals surface area contributed by atoms with Crippen LogP contribution >= 0.6 is 0 Å². The van der Waals surface area contributed by atoms with Crippen LogP contribution in [-0.4, -0.2) is 18.6 Å². The molecule has 3 unspecified atom stereocenters. The predicted molar refractivity (Wildman–Crippen MR) is 93.9 cm³/mol. The molecular weight excluding hydrogens is 304 g/mol. The van der Waals surface area contributed by atoms with Crippen LogP contribution in [0.1, 0.15) is 51.3 Å². The largest absolute Gasteiger partial charge is 0.490 e. The Morgan fingerprint density at radius 2 is 2.29 bits per heavy atom. The summed E-state index contributed by atoms with van der Waals surface area (Å²) in [5.74, 6) is 1.56. The lowest BCUT2D eigenvalue weighted by Crippen LogP contribution is -2.38. The maximum absolute atomic E-state index is 12.5. The van der Waals surface area contributed by atoms with Crippen molar-refractivity contribution in [3.05, 3.63) is 30.0 Å². The molecule has 0 radical (unpaired) electrons. The van der Waals surface area contributed by atoms with Crippen molar-refractivity contribution in [2.45, 2.75) is 51.6 Å². The molecule has 0 spiro atoms. The second-order valence-electron chi connectivity index (χ2n) is 6.61. The van der Waals surface area contributed by atoms with Crippen molar-refractivity contribution in [1.82, 2.24) is 5.32 Å². The minimum Gasteiger partial charge on any atom is -0.490 e. The highest BCUT2D eigenvalue weighted by atomic mass is 16.5. The van der Waals surface area contributed by atoms with Gasteiger partial charge in [0.1, 0.15) is 5.76 Å². The molecule has 5 nitrogen and oxygen atoms in total. The zero-order chi connectivity index (χ0) is 17.1. The van der Waals surface area contributed by atoms with Gasteiger partial charge >= 0.3 is 0 Å². The van der Waals surface area contributed by atoms with E-state index < -0.39 is 0 Å². The molecule has 1 aromatic carbocycles. The first-order valence-corrected chi connectivity index (χ1v) is 8.79. The number of fused-ring (bicyclic) bond motifs is 1. The fourth-order valence-electron chi connectivity index (χ4n) is 3.41. The lowest BCUT2D eigenvalue weighted by atomic mass is 9.85. The normalized spacial score (nSPS) is 22.3. The van der Waals surface area contributed by atoms with Crippen LogP contribution in [-0.2, 0) is 4.79 Å². The summed E-state index contributed by atoms with van der Waals surface area (Å²) in [6, 6.07) is 7.75. The van der Waals surface area contributed by atoms with Gasteiger partial charge in [-0.25, -0.2) is 0 Å². The Labute approximate surface area is 142 Å². The van der Waals surface area contributed by atoms with Gasteiger partial charge in [0.15, 0.2) is 11.3 Å². The van der Waals surface area contributed by atoms with Crippen molar-refractivity contribution in [2.75, 3.05) is 6.61 Å². The highest BCUT2D eigenvalue weighted by molar-refractivity contribution is 5.84. The molecule has 1 saturated carbocycles. The summed E-state index contributed by atoms with van der Waals surface area (Å²) < 4.78 is 11.6. The molecule has 1 fully saturated rings. The quantitative estimate of drug-likeness (QED) is 0.879. The Morgan fingerprint density at radius 1 is 1.46 bits per heavy atom. The average Bonchev–Trinajstić information content (AvgIpc) is 3.00. The topological polar surface area (TPSA) is 77.5 Å². The van der Waals surface area contributed by atoms with Crippen LogP contribution in [0.5, 0.6) is 5.75 Å². The Kier molecular flexibility index (Phi) is 5.09. The number of para-hydroxylation sites is 1. The molecule has 3 atom stereocenters. The molecule has 1 heterocycles. The molecule has 0 aliphatic heterocycles. The molecule has 1 aliphatic rings. The molecule has 2 aromatic rings. The number of hydrogen-bond donors (Lipinski definition) is 2. The van der Waals surface area contributed by atoms with Gasteiger partial charge in [-0.15, -0.1) is 0 Å². The summed E-state index contributed by atoms with van der Waals surface area (Å²) in [4.78, 5) is 12.5. The minimum atomic E-state index is -0.183. The number of carbonyl (C=O) groups is 1. The van der Waals surface area contributed by atoms with Crippen molar-refractivity contribution in [3.8, 4) is 5.75 Å². The minimum absolute atomic E-state index is 0.0135. The zero-order valence-electron chi connectivity index (χ0n) is 14.4.